The van der Waals surface area contributed by atoms with E-state index in [-0.39, 0.29) is 5.92 Å². The van der Waals surface area contributed by atoms with Gasteiger partial charge in [-0.05, 0) is 17.7 Å². The van der Waals surface area contributed by atoms with Crippen LogP contribution in [0.4, 0.5) is 0 Å². The monoisotopic (exact) mass is 400 g/mol. The van der Waals surface area contributed by atoms with Gasteiger partial charge in [-0.15, -0.1) is 0 Å². The Kier molecular flexibility index (Phi) is 6.60. The SMILES string of the molecule is CC(c1ccccc1)C(CC(P(=O)(O)O)S(=O)(=O)O)Oc1ccccc1. The van der Waals surface area contributed by atoms with Gasteiger partial charge in [-0.1, -0.05) is 55.5 Å². The van der Waals surface area contributed by atoms with Crippen LogP contribution in [0.1, 0.15) is 24.8 Å². The smallest absolute Gasteiger partial charge is 0.346 e. The maximum Gasteiger partial charge on any atom is 0.346 e. The highest BCUT2D eigenvalue weighted by atomic mass is 32.2. The van der Waals surface area contributed by atoms with Crippen LogP contribution in [-0.4, -0.2) is 33.9 Å². The van der Waals surface area contributed by atoms with E-state index in [1.807, 2.05) is 18.2 Å². The minimum absolute atomic E-state index is 0.382. The first-order chi connectivity index (χ1) is 12.1. The van der Waals surface area contributed by atoms with Crippen LogP contribution >= 0.6 is 7.60 Å². The second-order valence-corrected chi connectivity index (χ2v) is 9.71. The van der Waals surface area contributed by atoms with E-state index in [9.17, 15) is 27.3 Å². The molecule has 2 rings (SSSR count). The second kappa shape index (κ2) is 8.33. The molecule has 0 aliphatic carbocycles. The molecule has 3 atom stereocenters. The van der Waals surface area contributed by atoms with Crippen molar-refractivity contribution in [2.75, 3.05) is 0 Å². The van der Waals surface area contributed by atoms with Gasteiger partial charge >= 0.3 is 7.60 Å². The van der Waals surface area contributed by atoms with E-state index in [0.29, 0.717) is 5.75 Å². The molecule has 0 heterocycles. The molecule has 2 aromatic rings. The van der Waals surface area contributed by atoms with Gasteiger partial charge in [0.15, 0.2) is 4.99 Å². The van der Waals surface area contributed by atoms with E-state index in [4.69, 9.17) is 4.74 Å². The van der Waals surface area contributed by atoms with Crippen molar-refractivity contribution in [2.24, 2.45) is 0 Å². The highest BCUT2D eigenvalue weighted by Crippen LogP contribution is 2.47. The van der Waals surface area contributed by atoms with Gasteiger partial charge < -0.3 is 14.5 Å². The standard InChI is InChI=1S/C17H21O7PS/c1-13(14-8-4-2-5-9-14)16(24-15-10-6-3-7-11-15)12-17(25(18,19)20)26(21,22)23/h2-11,13,16-17H,12H2,1H3,(H2,18,19,20)(H,21,22,23). The maximum atomic E-state index is 11.6. The van der Waals surface area contributed by atoms with Gasteiger partial charge in [0.2, 0.25) is 0 Å². The highest BCUT2D eigenvalue weighted by Gasteiger charge is 2.43. The minimum Gasteiger partial charge on any atom is -0.490 e. The molecule has 0 fully saturated rings. The molecule has 3 N–H and O–H groups in total. The molecule has 0 saturated heterocycles. The molecule has 2 aromatic carbocycles. The molecule has 0 spiro atoms. The summed E-state index contributed by atoms with van der Waals surface area (Å²) in [6.45, 7) is 1.77. The molecule has 0 amide bonds. The van der Waals surface area contributed by atoms with Gasteiger partial charge in [-0.25, -0.2) is 0 Å². The van der Waals surface area contributed by atoms with Crippen molar-refractivity contribution in [3.63, 3.8) is 0 Å². The normalized spacial score (nSPS) is 15.8. The van der Waals surface area contributed by atoms with Crippen LogP contribution in [0.2, 0.25) is 0 Å². The number of hydrogen-bond donors (Lipinski definition) is 3. The first-order valence-electron chi connectivity index (χ1n) is 7.87. The molecule has 9 heteroatoms. The molecular weight excluding hydrogens is 379 g/mol. The molecule has 7 nitrogen and oxygen atoms in total. The summed E-state index contributed by atoms with van der Waals surface area (Å²) >= 11 is 0. The predicted octanol–water partition coefficient (Wildman–Crippen LogP) is 3.02. The lowest BCUT2D eigenvalue weighted by Crippen LogP contribution is -2.32. The Morgan fingerprint density at radius 3 is 1.96 bits per heavy atom. The van der Waals surface area contributed by atoms with E-state index in [0.717, 1.165) is 5.56 Å². The summed E-state index contributed by atoms with van der Waals surface area (Å²) in [6, 6.07) is 17.6. The lowest BCUT2D eigenvalue weighted by molar-refractivity contribution is 0.165. The van der Waals surface area contributed by atoms with E-state index >= 15 is 0 Å². The van der Waals surface area contributed by atoms with Gasteiger partial charge in [0, 0.05) is 12.3 Å². The van der Waals surface area contributed by atoms with Gasteiger partial charge in [0.1, 0.15) is 11.9 Å². The third kappa shape index (κ3) is 5.65. The maximum absolute atomic E-state index is 11.6. The fourth-order valence-electron chi connectivity index (χ4n) is 2.63. The summed E-state index contributed by atoms with van der Waals surface area (Å²) in [4.78, 5) is 16.5. The van der Waals surface area contributed by atoms with Crippen molar-refractivity contribution in [3.8, 4) is 5.75 Å². The summed E-state index contributed by atoms with van der Waals surface area (Å²) in [5.74, 6) is 0.0484. The molecule has 0 aliphatic rings. The van der Waals surface area contributed by atoms with Crippen molar-refractivity contribution in [3.05, 3.63) is 66.2 Å². The fourth-order valence-corrected chi connectivity index (χ4v) is 4.93. The van der Waals surface area contributed by atoms with Gasteiger partial charge in [-0.2, -0.15) is 8.42 Å². The van der Waals surface area contributed by atoms with E-state index in [2.05, 4.69) is 0 Å². The largest absolute Gasteiger partial charge is 0.490 e. The Morgan fingerprint density at radius 2 is 1.50 bits per heavy atom. The summed E-state index contributed by atoms with van der Waals surface area (Å²) in [5, 5.41) is 0. The zero-order valence-electron chi connectivity index (χ0n) is 14.0. The van der Waals surface area contributed by atoms with E-state index in [1.54, 1.807) is 49.4 Å². The number of para-hydroxylation sites is 1. The van der Waals surface area contributed by atoms with E-state index in [1.165, 1.54) is 0 Å². The molecule has 26 heavy (non-hydrogen) atoms. The van der Waals surface area contributed by atoms with Crippen LogP contribution in [0.15, 0.2) is 60.7 Å². The summed E-state index contributed by atoms with van der Waals surface area (Å²) in [7, 11) is -10.1. The Labute approximate surface area is 152 Å². The van der Waals surface area contributed by atoms with Crippen LogP contribution in [0.5, 0.6) is 5.75 Å². The van der Waals surface area contributed by atoms with Gasteiger partial charge in [0.25, 0.3) is 10.1 Å². The lowest BCUT2D eigenvalue weighted by atomic mass is 9.93. The van der Waals surface area contributed by atoms with Crippen molar-refractivity contribution in [1.82, 2.24) is 0 Å². The number of ether oxygens (including phenoxy) is 1. The third-order valence-electron chi connectivity index (χ3n) is 4.07. The molecule has 0 aliphatic heterocycles. The Bertz CT molecular complexity index is 849. The molecule has 0 aromatic heterocycles. The fraction of sp³-hybridized carbons (Fsp3) is 0.294. The number of benzene rings is 2. The topological polar surface area (TPSA) is 121 Å². The number of hydrogen-bond acceptors (Lipinski definition) is 4. The summed E-state index contributed by atoms with van der Waals surface area (Å²) < 4.78 is 49.8. The second-order valence-electron chi connectivity index (χ2n) is 5.96. The van der Waals surface area contributed by atoms with Crippen molar-refractivity contribution in [2.45, 2.75) is 30.4 Å². The molecular formula is C17H21O7PS. The van der Waals surface area contributed by atoms with Crippen LogP contribution in [0.3, 0.4) is 0 Å². The first kappa shape index (κ1) is 20.6. The molecule has 0 saturated carbocycles. The quantitative estimate of drug-likeness (QED) is 0.460. The zero-order chi connectivity index (χ0) is 19.4. The lowest BCUT2D eigenvalue weighted by Gasteiger charge is -2.28. The molecule has 142 valence electrons. The molecule has 0 bridgehead atoms. The summed E-state index contributed by atoms with van der Waals surface area (Å²) in [5.41, 5.74) is 0.813. The average Bonchev–Trinajstić information content (AvgIpc) is 2.57. The zero-order valence-corrected chi connectivity index (χ0v) is 15.8. The molecule has 3 unspecified atom stereocenters. The highest BCUT2D eigenvalue weighted by molar-refractivity contribution is 7.93. The van der Waals surface area contributed by atoms with Crippen LogP contribution in [0, 0.1) is 0 Å². The third-order valence-corrected chi connectivity index (χ3v) is 7.53. The van der Waals surface area contributed by atoms with Crippen LogP contribution in [-0.2, 0) is 14.7 Å². The average molecular weight is 400 g/mol. The van der Waals surface area contributed by atoms with Crippen molar-refractivity contribution < 1.29 is 32.1 Å². The Morgan fingerprint density at radius 1 is 1.00 bits per heavy atom. The van der Waals surface area contributed by atoms with Gasteiger partial charge in [0.05, 0.1) is 0 Å². The van der Waals surface area contributed by atoms with Crippen molar-refractivity contribution >= 4 is 17.7 Å². The van der Waals surface area contributed by atoms with Gasteiger partial charge in [-0.3, -0.25) is 9.12 Å². The van der Waals surface area contributed by atoms with Crippen LogP contribution < -0.4 is 4.74 Å². The predicted molar refractivity (Wildman–Crippen MR) is 97.7 cm³/mol. The first-order valence-corrected chi connectivity index (χ1v) is 11.1. The van der Waals surface area contributed by atoms with E-state index < -0.39 is 35.2 Å². The number of rotatable bonds is 8. The summed E-state index contributed by atoms with van der Waals surface area (Å²) in [6.07, 6.45) is -1.45. The van der Waals surface area contributed by atoms with Crippen LogP contribution in [0.25, 0.3) is 0 Å². The minimum atomic E-state index is -5.11. The Balaban J connectivity index is 2.37. The van der Waals surface area contributed by atoms with Crippen molar-refractivity contribution in [1.29, 1.82) is 0 Å². The molecule has 0 radical (unpaired) electrons. The Hall–Kier alpha value is -1.70.